The number of benzene rings is 3. The van der Waals surface area contributed by atoms with E-state index in [0.29, 0.717) is 37.9 Å². The molecule has 1 saturated heterocycles. The number of amides is 2. The van der Waals surface area contributed by atoms with Crippen LogP contribution in [0.25, 0.3) is 10.8 Å². The Hall–Kier alpha value is -3.49. The second kappa shape index (κ2) is 11.1. The fourth-order valence-electron chi connectivity index (χ4n) is 4.73. The van der Waals surface area contributed by atoms with Gasteiger partial charge in [0.05, 0.1) is 4.90 Å². The minimum atomic E-state index is -3.69. The molecule has 0 bridgehead atoms. The third kappa shape index (κ3) is 5.83. The lowest BCUT2D eigenvalue weighted by Crippen LogP contribution is -2.50. The topological polar surface area (TPSA) is 95.6 Å². The molecule has 0 saturated carbocycles. The number of rotatable bonds is 8. The van der Waals surface area contributed by atoms with Crippen LogP contribution in [0.1, 0.15) is 31.7 Å². The van der Waals surface area contributed by atoms with Gasteiger partial charge in [-0.15, -0.1) is 0 Å². The summed E-state index contributed by atoms with van der Waals surface area (Å²) in [5.74, 6) is -0.380. The largest absolute Gasteiger partial charge is 0.350 e. The van der Waals surface area contributed by atoms with Crippen LogP contribution in [-0.4, -0.2) is 43.2 Å². The van der Waals surface area contributed by atoms with Crippen molar-refractivity contribution >= 4 is 38.3 Å². The highest BCUT2D eigenvalue weighted by molar-refractivity contribution is 7.89. The molecular formula is C28H31N3O4S. The molecule has 3 aromatic rings. The van der Waals surface area contributed by atoms with E-state index in [2.05, 4.69) is 35.4 Å². The van der Waals surface area contributed by atoms with Gasteiger partial charge in [-0.05, 0) is 72.9 Å². The zero-order chi connectivity index (χ0) is 25.7. The normalized spacial score (nSPS) is 18.5. The summed E-state index contributed by atoms with van der Waals surface area (Å²) in [5.41, 5.74) is 1.67. The van der Waals surface area contributed by atoms with Crippen LogP contribution in [0.4, 0.5) is 5.69 Å². The molecule has 2 N–H and O–H groups in total. The Morgan fingerprint density at radius 2 is 1.78 bits per heavy atom. The third-order valence-electron chi connectivity index (χ3n) is 6.59. The van der Waals surface area contributed by atoms with Crippen molar-refractivity contribution in [1.29, 1.82) is 0 Å². The van der Waals surface area contributed by atoms with Crippen molar-refractivity contribution in [2.45, 2.75) is 49.6 Å². The van der Waals surface area contributed by atoms with Crippen LogP contribution in [0.15, 0.2) is 84.3 Å². The summed E-state index contributed by atoms with van der Waals surface area (Å²) in [7, 11) is -3.69. The monoisotopic (exact) mass is 505 g/mol. The summed E-state index contributed by atoms with van der Waals surface area (Å²) in [5, 5.41) is 8.00. The van der Waals surface area contributed by atoms with Gasteiger partial charge in [-0.2, -0.15) is 4.31 Å². The van der Waals surface area contributed by atoms with E-state index in [1.165, 1.54) is 22.5 Å². The van der Waals surface area contributed by atoms with Crippen LogP contribution in [-0.2, 0) is 26.0 Å². The molecule has 36 heavy (non-hydrogen) atoms. The van der Waals surface area contributed by atoms with Crippen LogP contribution in [0.5, 0.6) is 0 Å². The van der Waals surface area contributed by atoms with Crippen LogP contribution in [0.3, 0.4) is 0 Å². The molecule has 1 fully saturated rings. The molecule has 0 spiro atoms. The molecule has 7 nitrogen and oxygen atoms in total. The van der Waals surface area contributed by atoms with Crippen molar-refractivity contribution < 1.29 is 18.0 Å². The smallest absolute Gasteiger partial charge is 0.243 e. The van der Waals surface area contributed by atoms with Gasteiger partial charge in [0.15, 0.2) is 0 Å². The molecule has 0 radical (unpaired) electrons. The molecule has 0 aliphatic carbocycles. The van der Waals surface area contributed by atoms with E-state index >= 15 is 0 Å². The maximum Gasteiger partial charge on any atom is 0.243 e. The molecule has 2 atom stereocenters. The molecule has 3 aromatic carbocycles. The minimum absolute atomic E-state index is 0.0802. The third-order valence-corrected chi connectivity index (χ3v) is 8.62. The van der Waals surface area contributed by atoms with E-state index in [0.717, 1.165) is 16.3 Å². The van der Waals surface area contributed by atoms with E-state index in [1.807, 2.05) is 31.2 Å². The number of anilines is 1. The van der Waals surface area contributed by atoms with Crippen LogP contribution < -0.4 is 10.6 Å². The molecular weight excluding hydrogens is 474 g/mol. The Kier molecular flexibility index (Phi) is 7.86. The number of sulfonamides is 1. The first-order valence-electron chi connectivity index (χ1n) is 12.1. The highest BCUT2D eigenvalue weighted by Gasteiger charge is 2.34. The second-order valence-corrected chi connectivity index (χ2v) is 11.0. The quantitative estimate of drug-likeness (QED) is 0.447. The van der Waals surface area contributed by atoms with Crippen LogP contribution in [0.2, 0.25) is 0 Å². The average molecular weight is 506 g/mol. The number of piperidine rings is 1. The van der Waals surface area contributed by atoms with E-state index in [-0.39, 0.29) is 28.8 Å². The van der Waals surface area contributed by atoms with Crippen molar-refractivity contribution in [2.75, 3.05) is 11.9 Å². The Balaban J connectivity index is 1.35. The number of fused-ring (bicyclic) bond motifs is 1. The maximum absolute atomic E-state index is 13.2. The van der Waals surface area contributed by atoms with Crippen molar-refractivity contribution in [1.82, 2.24) is 9.62 Å². The van der Waals surface area contributed by atoms with Gasteiger partial charge in [0.25, 0.3) is 0 Å². The molecule has 1 heterocycles. The first-order chi connectivity index (χ1) is 17.3. The first kappa shape index (κ1) is 25.6. The van der Waals surface area contributed by atoms with Crippen molar-refractivity contribution in [3.05, 3.63) is 84.9 Å². The van der Waals surface area contributed by atoms with Gasteiger partial charge in [0.2, 0.25) is 21.8 Å². The lowest BCUT2D eigenvalue weighted by atomic mass is 10.0. The SMILES string of the molecule is C=CC(=O)NC1CCN(S(=O)(=O)c2ccc(NC(=O)CCc3cccc4ccccc34)cc2)C(C)C1. The summed E-state index contributed by atoms with van der Waals surface area (Å²) in [6, 6.07) is 20.1. The molecule has 8 heteroatoms. The number of carbonyl (C=O) groups excluding carboxylic acids is 2. The van der Waals surface area contributed by atoms with E-state index in [1.54, 1.807) is 12.1 Å². The number of carbonyl (C=O) groups is 2. The lowest BCUT2D eigenvalue weighted by Gasteiger charge is -2.36. The molecule has 1 aliphatic rings. The number of nitrogens with zero attached hydrogens (tertiary/aromatic N) is 1. The van der Waals surface area contributed by atoms with Gasteiger partial charge in [-0.1, -0.05) is 49.0 Å². The predicted molar refractivity (Wildman–Crippen MR) is 142 cm³/mol. The summed E-state index contributed by atoms with van der Waals surface area (Å²) in [4.78, 5) is 24.3. The number of hydrogen-bond donors (Lipinski definition) is 2. The van der Waals surface area contributed by atoms with Gasteiger partial charge < -0.3 is 10.6 Å². The number of nitrogens with one attached hydrogen (secondary N) is 2. The number of aryl methyl sites for hydroxylation is 1. The number of hydrogen-bond acceptors (Lipinski definition) is 4. The van der Waals surface area contributed by atoms with Crippen molar-refractivity contribution in [3.8, 4) is 0 Å². The van der Waals surface area contributed by atoms with Gasteiger partial charge in [0.1, 0.15) is 0 Å². The Morgan fingerprint density at radius 3 is 2.50 bits per heavy atom. The zero-order valence-corrected chi connectivity index (χ0v) is 21.1. The molecule has 1 aliphatic heterocycles. The summed E-state index contributed by atoms with van der Waals surface area (Å²) in [6.07, 6.45) is 3.22. The van der Waals surface area contributed by atoms with E-state index < -0.39 is 10.0 Å². The predicted octanol–water partition coefficient (Wildman–Crippen LogP) is 4.25. The van der Waals surface area contributed by atoms with E-state index in [4.69, 9.17) is 0 Å². The zero-order valence-electron chi connectivity index (χ0n) is 20.3. The Bertz CT molecular complexity index is 1360. The fraction of sp³-hybridized carbons (Fsp3) is 0.286. The molecule has 0 aromatic heterocycles. The second-order valence-electron chi connectivity index (χ2n) is 9.11. The summed E-state index contributed by atoms with van der Waals surface area (Å²) >= 11 is 0. The molecule has 2 unspecified atom stereocenters. The lowest BCUT2D eigenvalue weighted by molar-refractivity contribution is -0.117. The Labute approximate surface area is 212 Å². The van der Waals surface area contributed by atoms with Gasteiger partial charge in [-0.3, -0.25) is 9.59 Å². The van der Waals surface area contributed by atoms with E-state index in [9.17, 15) is 18.0 Å². The van der Waals surface area contributed by atoms with Gasteiger partial charge >= 0.3 is 0 Å². The molecule has 2 amide bonds. The standard InChI is InChI=1S/C28H31N3O4S/c1-3-27(32)30-24-17-18-31(20(2)19-24)36(34,35)25-14-12-23(13-15-25)29-28(33)16-11-22-9-6-8-21-7-4-5-10-26(21)22/h3-10,12-15,20,24H,1,11,16-19H2,2H3,(H,29,33)(H,30,32). The van der Waals surface area contributed by atoms with Gasteiger partial charge in [-0.25, -0.2) is 8.42 Å². The summed E-state index contributed by atoms with van der Waals surface area (Å²) < 4.78 is 27.9. The minimum Gasteiger partial charge on any atom is -0.350 e. The highest BCUT2D eigenvalue weighted by Crippen LogP contribution is 2.26. The molecule has 188 valence electrons. The summed E-state index contributed by atoms with van der Waals surface area (Å²) in [6.45, 7) is 5.61. The van der Waals surface area contributed by atoms with Crippen molar-refractivity contribution in [2.24, 2.45) is 0 Å². The highest BCUT2D eigenvalue weighted by atomic mass is 32.2. The first-order valence-corrected chi connectivity index (χ1v) is 13.5. The maximum atomic E-state index is 13.2. The van der Waals surface area contributed by atoms with Crippen molar-refractivity contribution in [3.63, 3.8) is 0 Å². The van der Waals surface area contributed by atoms with Crippen LogP contribution in [0, 0.1) is 0 Å². The Morgan fingerprint density at radius 1 is 1.06 bits per heavy atom. The fourth-order valence-corrected chi connectivity index (χ4v) is 6.38. The molecule has 4 rings (SSSR count). The average Bonchev–Trinajstić information content (AvgIpc) is 2.87. The van der Waals surface area contributed by atoms with Gasteiger partial charge in [0, 0.05) is 30.7 Å². The van der Waals surface area contributed by atoms with Crippen LogP contribution >= 0.6 is 0 Å².